The zero-order valence-corrected chi connectivity index (χ0v) is 11.9. The lowest BCUT2D eigenvalue weighted by molar-refractivity contribution is 0.417. The first-order valence-corrected chi connectivity index (χ1v) is 7.63. The Hall–Kier alpha value is -0.820. The van der Waals surface area contributed by atoms with E-state index in [0.29, 0.717) is 0 Å². The van der Waals surface area contributed by atoms with Crippen molar-refractivity contribution in [3.8, 4) is 0 Å². The van der Waals surface area contributed by atoms with Gasteiger partial charge in [-0.1, -0.05) is 63.4 Å². The molecule has 1 nitrogen and oxygen atoms in total. The molecule has 1 aliphatic rings. The first-order valence-electron chi connectivity index (χ1n) is 7.63. The van der Waals surface area contributed by atoms with Gasteiger partial charge in [0.05, 0.1) is 0 Å². The van der Waals surface area contributed by atoms with E-state index in [-0.39, 0.29) is 0 Å². The van der Waals surface area contributed by atoms with Crippen molar-refractivity contribution in [1.29, 1.82) is 0 Å². The monoisotopic (exact) mass is 245 g/mol. The van der Waals surface area contributed by atoms with Crippen molar-refractivity contribution in [2.75, 3.05) is 6.54 Å². The number of nitrogens with one attached hydrogen (secondary N) is 1. The van der Waals surface area contributed by atoms with Crippen molar-refractivity contribution in [3.63, 3.8) is 0 Å². The number of hydrogen-bond donors (Lipinski definition) is 1. The van der Waals surface area contributed by atoms with Crippen LogP contribution in [-0.4, -0.2) is 12.6 Å². The van der Waals surface area contributed by atoms with E-state index in [1.807, 2.05) is 0 Å². The molecule has 1 N–H and O–H groups in total. The molecule has 0 bridgehead atoms. The highest BCUT2D eigenvalue weighted by Gasteiger charge is 2.37. The molecule has 0 aromatic heterocycles. The van der Waals surface area contributed by atoms with Gasteiger partial charge in [-0.15, -0.1) is 0 Å². The van der Waals surface area contributed by atoms with Crippen LogP contribution in [0.4, 0.5) is 0 Å². The lowest BCUT2D eigenvalue weighted by Crippen LogP contribution is -2.25. The normalized spacial score (nSPS) is 23.9. The molecular formula is C17H27N. The second-order valence-corrected chi connectivity index (χ2v) is 5.68. The molecule has 18 heavy (non-hydrogen) atoms. The fourth-order valence-corrected chi connectivity index (χ4v) is 2.75. The average Bonchev–Trinajstić information content (AvgIpc) is 3.20. The maximum absolute atomic E-state index is 3.77. The van der Waals surface area contributed by atoms with Crippen molar-refractivity contribution in [2.24, 2.45) is 5.92 Å². The third-order valence-electron chi connectivity index (χ3n) is 4.23. The predicted octanol–water partition coefficient (Wildman–Crippen LogP) is 4.35. The van der Waals surface area contributed by atoms with Gasteiger partial charge < -0.3 is 5.32 Å². The molecule has 2 rings (SSSR count). The summed E-state index contributed by atoms with van der Waals surface area (Å²) in [6.45, 7) is 5.82. The Morgan fingerprint density at radius 2 is 2.00 bits per heavy atom. The largest absolute Gasteiger partial charge is 0.313 e. The lowest BCUT2D eigenvalue weighted by Gasteiger charge is -2.15. The molecule has 1 aliphatic carbocycles. The Labute approximate surface area is 112 Å². The molecule has 1 aromatic rings. The fraction of sp³-hybridized carbons (Fsp3) is 0.647. The molecule has 0 amide bonds. The SMILES string of the molecule is CCCCC(CC)CNC1CC1c1ccccc1. The van der Waals surface area contributed by atoms with E-state index in [1.165, 1.54) is 44.2 Å². The zero-order valence-electron chi connectivity index (χ0n) is 11.9. The predicted molar refractivity (Wildman–Crippen MR) is 78.9 cm³/mol. The maximum atomic E-state index is 3.77. The second-order valence-electron chi connectivity index (χ2n) is 5.68. The maximum Gasteiger partial charge on any atom is 0.0143 e. The fourth-order valence-electron chi connectivity index (χ4n) is 2.75. The molecule has 1 fully saturated rings. The van der Waals surface area contributed by atoms with Gasteiger partial charge in [0.15, 0.2) is 0 Å². The van der Waals surface area contributed by atoms with Crippen LogP contribution in [0.5, 0.6) is 0 Å². The van der Waals surface area contributed by atoms with Gasteiger partial charge in [-0.25, -0.2) is 0 Å². The summed E-state index contributed by atoms with van der Waals surface area (Å²) in [6, 6.07) is 11.7. The summed E-state index contributed by atoms with van der Waals surface area (Å²) >= 11 is 0. The minimum Gasteiger partial charge on any atom is -0.313 e. The van der Waals surface area contributed by atoms with Crippen LogP contribution in [0, 0.1) is 5.92 Å². The highest BCUT2D eigenvalue weighted by Crippen LogP contribution is 2.40. The van der Waals surface area contributed by atoms with Crippen molar-refractivity contribution in [1.82, 2.24) is 5.32 Å². The third kappa shape index (κ3) is 3.84. The molecule has 100 valence electrons. The smallest absolute Gasteiger partial charge is 0.0143 e. The van der Waals surface area contributed by atoms with Gasteiger partial charge in [0.1, 0.15) is 0 Å². The molecule has 0 radical (unpaired) electrons. The number of benzene rings is 1. The zero-order chi connectivity index (χ0) is 12.8. The Bertz CT molecular complexity index is 333. The molecule has 0 heterocycles. The van der Waals surface area contributed by atoms with Gasteiger partial charge in [0.25, 0.3) is 0 Å². The van der Waals surface area contributed by atoms with Crippen LogP contribution in [0.15, 0.2) is 30.3 Å². The van der Waals surface area contributed by atoms with Gasteiger partial charge in [0, 0.05) is 12.0 Å². The van der Waals surface area contributed by atoms with E-state index >= 15 is 0 Å². The summed E-state index contributed by atoms with van der Waals surface area (Å²) in [7, 11) is 0. The first kappa shape index (κ1) is 13.6. The van der Waals surface area contributed by atoms with E-state index in [2.05, 4.69) is 49.5 Å². The van der Waals surface area contributed by atoms with E-state index in [1.54, 1.807) is 0 Å². The number of rotatable bonds is 8. The van der Waals surface area contributed by atoms with E-state index in [4.69, 9.17) is 0 Å². The van der Waals surface area contributed by atoms with Crippen molar-refractivity contribution >= 4 is 0 Å². The Kier molecular flexibility index (Phi) is 5.25. The van der Waals surface area contributed by atoms with Crippen LogP contribution in [-0.2, 0) is 0 Å². The molecule has 0 saturated heterocycles. The van der Waals surface area contributed by atoms with E-state index in [9.17, 15) is 0 Å². The van der Waals surface area contributed by atoms with E-state index < -0.39 is 0 Å². The quantitative estimate of drug-likeness (QED) is 0.718. The number of unbranched alkanes of at least 4 members (excludes halogenated alkanes) is 1. The molecule has 0 spiro atoms. The standard InChI is InChI=1S/C17H27N/c1-3-5-9-14(4-2)13-18-17-12-16(17)15-10-7-6-8-11-15/h6-8,10-11,14,16-18H,3-5,9,12-13H2,1-2H3. The molecule has 0 aliphatic heterocycles. The van der Waals surface area contributed by atoms with Gasteiger partial charge in [0.2, 0.25) is 0 Å². The summed E-state index contributed by atoms with van der Waals surface area (Å²) in [6.07, 6.45) is 6.74. The van der Waals surface area contributed by atoms with Gasteiger partial charge in [-0.05, 0) is 30.9 Å². The van der Waals surface area contributed by atoms with E-state index in [0.717, 1.165) is 17.9 Å². The number of hydrogen-bond acceptors (Lipinski definition) is 1. The van der Waals surface area contributed by atoms with Crippen LogP contribution in [0.1, 0.15) is 57.4 Å². The Balaban J connectivity index is 1.70. The summed E-state index contributed by atoms with van der Waals surface area (Å²) in [4.78, 5) is 0. The Morgan fingerprint density at radius 3 is 2.67 bits per heavy atom. The van der Waals surface area contributed by atoms with Crippen molar-refractivity contribution in [3.05, 3.63) is 35.9 Å². The topological polar surface area (TPSA) is 12.0 Å². The van der Waals surface area contributed by atoms with Crippen molar-refractivity contribution < 1.29 is 0 Å². The molecule has 1 saturated carbocycles. The average molecular weight is 245 g/mol. The van der Waals surface area contributed by atoms with Gasteiger partial charge >= 0.3 is 0 Å². The van der Waals surface area contributed by atoms with Crippen LogP contribution in [0.3, 0.4) is 0 Å². The Morgan fingerprint density at radius 1 is 1.22 bits per heavy atom. The minimum absolute atomic E-state index is 0.739. The van der Waals surface area contributed by atoms with Crippen LogP contribution < -0.4 is 5.32 Å². The molecule has 3 atom stereocenters. The highest BCUT2D eigenvalue weighted by molar-refractivity contribution is 5.27. The third-order valence-corrected chi connectivity index (χ3v) is 4.23. The molecule has 3 unspecified atom stereocenters. The van der Waals surface area contributed by atoms with Crippen LogP contribution in [0.2, 0.25) is 0 Å². The van der Waals surface area contributed by atoms with Gasteiger partial charge in [-0.2, -0.15) is 0 Å². The van der Waals surface area contributed by atoms with Crippen molar-refractivity contribution in [2.45, 2.75) is 57.9 Å². The minimum atomic E-state index is 0.739. The lowest BCUT2D eigenvalue weighted by atomic mass is 9.99. The highest BCUT2D eigenvalue weighted by atomic mass is 15.0. The van der Waals surface area contributed by atoms with Gasteiger partial charge in [-0.3, -0.25) is 0 Å². The molecular weight excluding hydrogens is 218 g/mol. The first-order chi connectivity index (χ1) is 8.85. The molecule has 1 aromatic carbocycles. The summed E-state index contributed by atoms with van der Waals surface area (Å²) in [5.41, 5.74) is 1.51. The summed E-state index contributed by atoms with van der Waals surface area (Å²) in [5, 5.41) is 3.77. The second kappa shape index (κ2) is 6.94. The summed E-state index contributed by atoms with van der Waals surface area (Å²) < 4.78 is 0. The van der Waals surface area contributed by atoms with Crippen LogP contribution >= 0.6 is 0 Å². The summed E-state index contributed by atoms with van der Waals surface area (Å²) in [5.74, 6) is 1.65. The molecule has 1 heteroatoms. The van der Waals surface area contributed by atoms with Crippen LogP contribution in [0.25, 0.3) is 0 Å².